The summed E-state index contributed by atoms with van der Waals surface area (Å²) in [4.78, 5) is 24.3. The van der Waals surface area contributed by atoms with Crippen LogP contribution < -0.4 is 20.7 Å². The number of hydrogen-bond donors (Lipinski definition) is 3. The third-order valence-corrected chi connectivity index (χ3v) is 3.84. The molecule has 6 nitrogen and oxygen atoms in total. The van der Waals surface area contributed by atoms with Gasteiger partial charge >= 0.3 is 0 Å². The quantitative estimate of drug-likeness (QED) is 0.694. The summed E-state index contributed by atoms with van der Waals surface area (Å²) in [7, 11) is 3.60. The first kappa shape index (κ1) is 18.5. The van der Waals surface area contributed by atoms with Crippen molar-refractivity contribution in [2.75, 3.05) is 26.0 Å². The normalized spacial score (nSPS) is 11.6. The molecule has 0 bridgehead atoms. The maximum absolute atomic E-state index is 12.2. The van der Waals surface area contributed by atoms with E-state index in [9.17, 15) is 9.59 Å². The molecule has 1 unspecified atom stereocenters. The predicted octanol–water partition coefficient (Wildman–Crippen LogP) is 0.756. The van der Waals surface area contributed by atoms with Crippen molar-refractivity contribution < 1.29 is 19.2 Å². The second-order valence-corrected chi connectivity index (χ2v) is 6.12. The van der Waals surface area contributed by atoms with Crippen LogP contribution in [0.5, 0.6) is 5.75 Å². The molecule has 0 aliphatic carbocycles. The van der Waals surface area contributed by atoms with Gasteiger partial charge in [-0.25, -0.2) is 0 Å². The van der Waals surface area contributed by atoms with Gasteiger partial charge in [0.1, 0.15) is 12.3 Å². The standard InChI is InChI=1S/C19H23N3O3/c1-13-4-9-17(25-3)15(10-13)11-22(2)12-18(23)21-16-7-5-14(6-8-16)19(20)24/h4-10H,11-12H2,1-3H3,(H2,20,24)(H,21,23)/p+1. The topological polar surface area (TPSA) is 85.9 Å². The molecule has 0 saturated heterocycles. The monoisotopic (exact) mass is 342 g/mol. The zero-order valence-corrected chi connectivity index (χ0v) is 14.8. The zero-order valence-electron chi connectivity index (χ0n) is 14.8. The molecule has 0 radical (unpaired) electrons. The molecule has 0 aliphatic heterocycles. The molecular weight excluding hydrogens is 318 g/mol. The van der Waals surface area contributed by atoms with E-state index in [1.54, 1.807) is 31.4 Å². The lowest BCUT2D eigenvalue weighted by molar-refractivity contribution is -0.885. The Bertz CT molecular complexity index is 757. The number of methoxy groups -OCH3 is 1. The van der Waals surface area contributed by atoms with Gasteiger partial charge in [0.05, 0.1) is 14.2 Å². The van der Waals surface area contributed by atoms with Crippen molar-refractivity contribution in [1.29, 1.82) is 0 Å². The molecule has 0 saturated carbocycles. The van der Waals surface area contributed by atoms with Crippen molar-refractivity contribution in [2.45, 2.75) is 13.5 Å². The molecule has 2 aromatic carbocycles. The Balaban J connectivity index is 1.94. The van der Waals surface area contributed by atoms with Gasteiger partial charge in [-0.1, -0.05) is 11.6 Å². The number of anilines is 1. The highest BCUT2D eigenvalue weighted by atomic mass is 16.5. The van der Waals surface area contributed by atoms with E-state index in [2.05, 4.69) is 11.4 Å². The average Bonchev–Trinajstić information content (AvgIpc) is 2.55. The van der Waals surface area contributed by atoms with Gasteiger partial charge in [-0.2, -0.15) is 0 Å². The minimum absolute atomic E-state index is 0.101. The first-order valence-corrected chi connectivity index (χ1v) is 8.03. The second-order valence-electron chi connectivity index (χ2n) is 6.12. The van der Waals surface area contributed by atoms with Crippen LogP contribution in [-0.4, -0.2) is 32.5 Å². The smallest absolute Gasteiger partial charge is 0.279 e. The Morgan fingerprint density at radius 3 is 2.44 bits per heavy atom. The molecule has 132 valence electrons. The Hall–Kier alpha value is -2.86. The van der Waals surface area contributed by atoms with Crippen LogP contribution >= 0.6 is 0 Å². The fraction of sp³-hybridized carbons (Fsp3) is 0.263. The van der Waals surface area contributed by atoms with Crippen molar-refractivity contribution in [3.05, 3.63) is 59.2 Å². The summed E-state index contributed by atoms with van der Waals surface area (Å²) in [6.45, 7) is 3.02. The number of hydrogen-bond acceptors (Lipinski definition) is 3. The number of aryl methyl sites for hydroxylation is 1. The first-order chi connectivity index (χ1) is 11.9. The highest BCUT2D eigenvalue weighted by molar-refractivity contribution is 5.95. The Kier molecular flexibility index (Phi) is 6.14. The summed E-state index contributed by atoms with van der Waals surface area (Å²) in [5, 5.41) is 2.82. The molecule has 0 aliphatic rings. The number of nitrogens with one attached hydrogen (secondary N) is 2. The molecule has 4 N–H and O–H groups in total. The van der Waals surface area contributed by atoms with E-state index in [0.29, 0.717) is 24.3 Å². The number of rotatable bonds is 7. The van der Waals surface area contributed by atoms with E-state index in [-0.39, 0.29) is 5.91 Å². The summed E-state index contributed by atoms with van der Waals surface area (Å²) in [5.74, 6) is 0.234. The van der Waals surface area contributed by atoms with Crippen LogP contribution in [0.1, 0.15) is 21.5 Å². The van der Waals surface area contributed by atoms with Crippen LogP contribution in [0.3, 0.4) is 0 Å². The molecule has 2 rings (SSSR count). The molecule has 2 amide bonds. The largest absolute Gasteiger partial charge is 0.496 e. The number of amides is 2. The minimum Gasteiger partial charge on any atom is -0.496 e. The van der Waals surface area contributed by atoms with Gasteiger partial charge in [0.2, 0.25) is 5.91 Å². The summed E-state index contributed by atoms with van der Waals surface area (Å²) >= 11 is 0. The van der Waals surface area contributed by atoms with Gasteiger partial charge < -0.3 is 20.7 Å². The SMILES string of the molecule is COc1ccc(C)cc1C[NH+](C)CC(=O)Nc1ccc(C(N)=O)cc1. The number of ether oxygens (including phenoxy) is 1. The predicted molar refractivity (Wildman–Crippen MR) is 96.8 cm³/mol. The van der Waals surface area contributed by atoms with Crippen LogP contribution in [0.2, 0.25) is 0 Å². The zero-order chi connectivity index (χ0) is 18.4. The van der Waals surface area contributed by atoms with E-state index >= 15 is 0 Å². The van der Waals surface area contributed by atoms with E-state index in [1.165, 1.54) is 0 Å². The molecule has 0 spiro atoms. The van der Waals surface area contributed by atoms with Crippen molar-refractivity contribution >= 4 is 17.5 Å². The van der Waals surface area contributed by atoms with Crippen molar-refractivity contribution in [1.82, 2.24) is 0 Å². The number of nitrogens with two attached hydrogens (primary N) is 1. The Morgan fingerprint density at radius 2 is 1.84 bits per heavy atom. The van der Waals surface area contributed by atoms with Crippen LogP contribution in [0.4, 0.5) is 5.69 Å². The van der Waals surface area contributed by atoms with Crippen LogP contribution in [0, 0.1) is 6.92 Å². The van der Waals surface area contributed by atoms with Gasteiger partial charge in [-0.05, 0) is 43.3 Å². The van der Waals surface area contributed by atoms with E-state index < -0.39 is 5.91 Å². The molecule has 25 heavy (non-hydrogen) atoms. The molecule has 0 heterocycles. The molecule has 1 atom stereocenters. The van der Waals surface area contributed by atoms with Gasteiger partial charge in [0.25, 0.3) is 5.91 Å². The fourth-order valence-electron chi connectivity index (χ4n) is 2.63. The van der Waals surface area contributed by atoms with Gasteiger partial charge in [0.15, 0.2) is 6.54 Å². The first-order valence-electron chi connectivity index (χ1n) is 8.03. The van der Waals surface area contributed by atoms with Crippen molar-refractivity contribution in [2.24, 2.45) is 5.73 Å². The lowest BCUT2D eigenvalue weighted by Gasteiger charge is -2.16. The molecule has 2 aromatic rings. The van der Waals surface area contributed by atoms with Crippen LogP contribution in [0.25, 0.3) is 0 Å². The summed E-state index contributed by atoms with van der Waals surface area (Å²) in [6.07, 6.45) is 0. The summed E-state index contributed by atoms with van der Waals surface area (Å²) in [5.41, 5.74) is 8.47. The number of quaternary nitrogens is 1. The molecule has 0 fully saturated rings. The number of primary amides is 1. The second kappa shape index (κ2) is 8.30. The fourth-order valence-corrected chi connectivity index (χ4v) is 2.63. The highest BCUT2D eigenvalue weighted by Crippen LogP contribution is 2.18. The lowest BCUT2D eigenvalue weighted by atomic mass is 10.1. The van der Waals surface area contributed by atoms with Crippen LogP contribution in [0.15, 0.2) is 42.5 Å². The number of carbonyl (C=O) groups excluding carboxylic acids is 2. The molecule has 0 aromatic heterocycles. The van der Waals surface area contributed by atoms with E-state index in [4.69, 9.17) is 10.5 Å². The lowest BCUT2D eigenvalue weighted by Crippen LogP contribution is -3.08. The third kappa shape index (κ3) is 5.32. The third-order valence-electron chi connectivity index (χ3n) is 3.84. The van der Waals surface area contributed by atoms with Gasteiger partial charge in [0, 0.05) is 16.8 Å². The van der Waals surface area contributed by atoms with E-state index in [1.807, 2.05) is 26.1 Å². The van der Waals surface area contributed by atoms with Crippen molar-refractivity contribution in [3.63, 3.8) is 0 Å². The maximum Gasteiger partial charge on any atom is 0.279 e. The summed E-state index contributed by atoms with van der Waals surface area (Å²) < 4.78 is 5.38. The Labute approximate surface area is 147 Å². The Morgan fingerprint density at radius 1 is 1.16 bits per heavy atom. The van der Waals surface area contributed by atoms with Gasteiger partial charge in [-0.15, -0.1) is 0 Å². The van der Waals surface area contributed by atoms with Crippen molar-refractivity contribution in [3.8, 4) is 5.75 Å². The average molecular weight is 342 g/mol. The number of likely N-dealkylation sites (N-methyl/N-ethyl adjacent to an activating group) is 1. The van der Waals surface area contributed by atoms with Gasteiger partial charge in [-0.3, -0.25) is 9.59 Å². The molecule has 6 heteroatoms. The number of benzene rings is 2. The number of carbonyl (C=O) groups is 2. The maximum atomic E-state index is 12.2. The van der Waals surface area contributed by atoms with Crippen LogP contribution in [-0.2, 0) is 11.3 Å². The van der Waals surface area contributed by atoms with E-state index in [0.717, 1.165) is 21.8 Å². The summed E-state index contributed by atoms with van der Waals surface area (Å²) in [6, 6.07) is 12.5. The highest BCUT2D eigenvalue weighted by Gasteiger charge is 2.14. The minimum atomic E-state index is -0.492. The molecular formula is C19H24N3O3+.